The molecule has 1 unspecified atom stereocenters. The van der Waals surface area contributed by atoms with Gasteiger partial charge in [-0.15, -0.1) is 0 Å². The molecule has 4 heteroatoms. The van der Waals surface area contributed by atoms with Crippen LogP contribution in [0.25, 0.3) is 0 Å². The first-order valence-electron chi connectivity index (χ1n) is 4.28. The summed E-state index contributed by atoms with van der Waals surface area (Å²) in [5, 5.41) is 2.54. The normalized spacial score (nSPS) is 11.9. The summed E-state index contributed by atoms with van der Waals surface area (Å²) in [6, 6.07) is 7.60. The number of likely N-dealkylation sites (N-methyl/N-ethyl adjacent to an activating group) is 1. The lowest BCUT2D eigenvalue weighted by molar-refractivity contribution is -0.126. The first kappa shape index (κ1) is 11.3. The van der Waals surface area contributed by atoms with E-state index in [0.29, 0.717) is 0 Å². The molecule has 0 aliphatic heterocycles. The van der Waals surface area contributed by atoms with E-state index in [9.17, 15) is 4.79 Å². The fraction of sp³-hybridized carbons (Fsp3) is 0.300. The molecule has 14 heavy (non-hydrogen) atoms. The minimum absolute atomic E-state index is 0.121. The molecular weight excluding hydrogens is 293 g/mol. The average molecular weight is 305 g/mol. The Labute approximate surface area is 97.0 Å². The maximum absolute atomic E-state index is 11.2. The highest BCUT2D eigenvalue weighted by molar-refractivity contribution is 14.1. The SMILES string of the molecule is CNC(=O)C(C)Oc1ccccc1I. The number of para-hydroxylation sites is 1. The lowest BCUT2D eigenvalue weighted by Gasteiger charge is -2.13. The highest BCUT2D eigenvalue weighted by Crippen LogP contribution is 2.20. The molecule has 0 fully saturated rings. The number of hydrogen-bond acceptors (Lipinski definition) is 2. The van der Waals surface area contributed by atoms with Gasteiger partial charge in [0.25, 0.3) is 5.91 Å². The zero-order valence-corrected chi connectivity index (χ0v) is 10.2. The average Bonchev–Trinajstić information content (AvgIpc) is 2.20. The molecule has 1 rings (SSSR count). The van der Waals surface area contributed by atoms with Crippen LogP contribution in [0.2, 0.25) is 0 Å². The molecule has 0 aliphatic carbocycles. The zero-order valence-electron chi connectivity index (χ0n) is 8.08. The van der Waals surface area contributed by atoms with E-state index in [0.717, 1.165) is 9.32 Å². The molecule has 1 aromatic carbocycles. The number of ether oxygens (including phenoxy) is 1. The molecule has 1 atom stereocenters. The first-order chi connectivity index (χ1) is 6.65. The van der Waals surface area contributed by atoms with E-state index in [2.05, 4.69) is 27.9 Å². The second-order valence-corrected chi connectivity index (χ2v) is 3.97. The predicted octanol–water partition coefficient (Wildman–Crippen LogP) is 1.80. The number of rotatable bonds is 3. The number of halogens is 1. The van der Waals surface area contributed by atoms with Crippen LogP contribution in [-0.4, -0.2) is 19.1 Å². The molecule has 0 radical (unpaired) electrons. The molecule has 76 valence electrons. The molecule has 1 N–H and O–H groups in total. The van der Waals surface area contributed by atoms with Crippen molar-refractivity contribution in [2.45, 2.75) is 13.0 Å². The Morgan fingerprint density at radius 1 is 1.50 bits per heavy atom. The molecule has 3 nitrogen and oxygen atoms in total. The monoisotopic (exact) mass is 305 g/mol. The molecule has 0 saturated carbocycles. The third kappa shape index (κ3) is 2.87. The Kier molecular flexibility index (Phi) is 4.19. The number of nitrogens with one attached hydrogen (secondary N) is 1. The predicted molar refractivity (Wildman–Crippen MR) is 63.3 cm³/mol. The minimum Gasteiger partial charge on any atom is -0.480 e. The summed E-state index contributed by atoms with van der Waals surface area (Å²) >= 11 is 2.17. The van der Waals surface area contributed by atoms with Gasteiger partial charge in [-0.3, -0.25) is 4.79 Å². The molecular formula is C10H12INO2. The van der Waals surface area contributed by atoms with Crippen LogP contribution in [0.3, 0.4) is 0 Å². The molecule has 0 aliphatic rings. The quantitative estimate of drug-likeness (QED) is 0.865. The van der Waals surface area contributed by atoms with Crippen LogP contribution in [0.15, 0.2) is 24.3 Å². The Hall–Kier alpha value is -0.780. The van der Waals surface area contributed by atoms with Crippen molar-refractivity contribution >= 4 is 28.5 Å². The van der Waals surface area contributed by atoms with E-state index < -0.39 is 6.10 Å². The van der Waals surface area contributed by atoms with Gasteiger partial charge in [0.15, 0.2) is 6.10 Å². The van der Waals surface area contributed by atoms with Gasteiger partial charge in [-0.2, -0.15) is 0 Å². The highest BCUT2D eigenvalue weighted by Gasteiger charge is 2.13. The third-order valence-corrected chi connectivity index (χ3v) is 2.65. The van der Waals surface area contributed by atoms with Crippen molar-refractivity contribution in [3.8, 4) is 5.75 Å². The third-order valence-electron chi connectivity index (χ3n) is 1.76. The van der Waals surface area contributed by atoms with Crippen molar-refractivity contribution in [3.63, 3.8) is 0 Å². The minimum atomic E-state index is -0.462. The standard InChI is InChI=1S/C10H12INO2/c1-7(10(13)12-2)14-9-6-4-3-5-8(9)11/h3-7H,1-2H3,(H,12,13). The van der Waals surface area contributed by atoms with Gasteiger partial charge in [-0.25, -0.2) is 0 Å². The van der Waals surface area contributed by atoms with E-state index in [1.807, 2.05) is 24.3 Å². The van der Waals surface area contributed by atoms with Crippen LogP contribution in [-0.2, 0) is 4.79 Å². The van der Waals surface area contributed by atoms with Crippen molar-refractivity contribution in [1.82, 2.24) is 5.32 Å². The van der Waals surface area contributed by atoms with Gasteiger partial charge in [-0.1, -0.05) is 12.1 Å². The summed E-state index contributed by atoms with van der Waals surface area (Å²) in [5.41, 5.74) is 0. The van der Waals surface area contributed by atoms with E-state index >= 15 is 0 Å². The van der Waals surface area contributed by atoms with Crippen molar-refractivity contribution in [2.24, 2.45) is 0 Å². The van der Waals surface area contributed by atoms with Crippen molar-refractivity contribution in [1.29, 1.82) is 0 Å². The van der Waals surface area contributed by atoms with Crippen LogP contribution in [0.1, 0.15) is 6.92 Å². The Morgan fingerprint density at radius 2 is 2.14 bits per heavy atom. The summed E-state index contributed by atoms with van der Waals surface area (Å²) < 4.78 is 6.48. The second kappa shape index (κ2) is 5.19. The smallest absolute Gasteiger partial charge is 0.260 e. The Balaban J connectivity index is 2.69. The lowest BCUT2D eigenvalue weighted by atomic mass is 10.3. The van der Waals surface area contributed by atoms with Gasteiger partial charge in [0.2, 0.25) is 0 Å². The summed E-state index contributed by atoms with van der Waals surface area (Å²) in [6.45, 7) is 1.72. The number of carbonyl (C=O) groups excluding carboxylic acids is 1. The van der Waals surface area contributed by atoms with Crippen LogP contribution in [0.5, 0.6) is 5.75 Å². The van der Waals surface area contributed by atoms with Gasteiger partial charge < -0.3 is 10.1 Å². The van der Waals surface area contributed by atoms with E-state index in [4.69, 9.17) is 4.74 Å². The van der Waals surface area contributed by atoms with Crippen LogP contribution in [0, 0.1) is 3.57 Å². The number of amides is 1. The van der Waals surface area contributed by atoms with Crippen LogP contribution < -0.4 is 10.1 Å². The topological polar surface area (TPSA) is 38.3 Å². The molecule has 0 spiro atoms. The number of carbonyl (C=O) groups is 1. The van der Waals surface area contributed by atoms with Gasteiger partial charge in [0.1, 0.15) is 5.75 Å². The first-order valence-corrected chi connectivity index (χ1v) is 5.36. The summed E-state index contributed by atoms with van der Waals surface area (Å²) in [6.07, 6.45) is -0.462. The summed E-state index contributed by atoms with van der Waals surface area (Å²) in [7, 11) is 1.60. The Bertz CT molecular complexity index is 328. The summed E-state index contributed by atoms with van der Waals surface area (Å²) in [4.78, 5) is 11.2. The molecule has 1 aromatic rings. The van der Waals surface area contributed by atoms with Crippen molar-refractivity contribution < 1.29 is 9.53 Å². The second-order valence-electron chi connectivity index (χ2n) is 2.80. The number of benzene rings is 1. The maximum Gasteiger partial charge on any atom is 0.260 e. The molecule has 1 amide bonds. The van der Waals surface area contributed by atoms with E-state index in [-0.39, 0.29) is 5.91 Å². The lowest BCUT2D eigenvalue weighted by Crippen LogP contribution is -2.33. The highest BCUT2D eigenvalue weighted by atomic mass is 127. The van der Waals surface area contributed by atoms with Gasteiger partial charge in [0, 0.05) is 7.05 Å². The Morgan fingerprint density at radius 3 is 2.71 bits per heavy atom. The summed E-state index contributed by atoms with van der Waals surface area (Å²) in [5.74, 6) is 0.619. The van der Waals surface area contributed by atoms with Crippen LogP contribution in [0.4, 0.5) is 0 Å². The molecule has 0 saturated heterocycles. The molecule has 0 heterocycles. The molecule has 0 aromatic heterocycles. The zero-order chi connectivity index (χ0) is 10.6. The maximum atomic E-state index is 11.2. The van der Waals surface area contributed by atoms with Crippen LogP contribution >= 0.6 is 22.6 Å². The van der Waals surface area contributed by atoms with Crippen molar-refractivity contribution in [2.75, 3.05) is 7.05 Å². The number of hydrogen-bond donors (Lipinski definition) is 1. The fourth-order valence-electron chi connectivity index (χ4n) is 0.988. The largest absolute Gasteiger partial charge is 0.480 e. The van der Waals surface area contributed by atoms with Crippen molar-refractivity contribution in [3.05, 3.63) is 27.8 Å². The van der Waals surface area contributed by atoms with E-state index in [1.54, 1.807) is 14.0 Å². The van der Waals surface area contributed by atoms with E-state index in [1.165, 1.54) is 0 Å². The van der Waals surface area contributed by atoms with Gasteiger partial charge in [-0.05, 0) is 41.6 Å². The molecule has 0 bridgehead atoms. The van der Waals surface area contributed by atoms with Gasteiger partial charge >= 0.3 is 0 Å². The fourth-order valence-corrected chi connectivity index (χ4v) is 1.50. The van der Waals surface area contributed by atoms with Gasteiger partial charge in [0.05, 0.1) is 3.57 Å².